The summed E-state index contributed by atoms with van der Waals surface area (Å²) in [6.07, 6.45) is 3.28. The van der Waals surface area contributed by atoms with Crippen molar-refractivity contribution in [2.75, 3.05) is 14.1 Å². The molecule has 146 valence electrons. The van der Waals surface area contributed by atoms with E-state index in [2.05, 4.69) is 86.0 Å². The first-order chi connectivity index (χ1) is 10.3. The van der Waals surface area contributed by atoms with Crippen LogP contribution in [0.5, 0.6) is 0 Å². The summed E-state index contributed by atoms with van der Waals surface area (Å²) in [7, 11) is 2.33. The van der Waals surface area contributed by atoms with E-state index in [4.69, 9.17) is 0 Å². The van der Waals surface area contributed by atoms with Crippen molar-refractivity contribution in [2.24, 2.45) is 5.41 Å². The van der Waals surface area contributed by atoms with Crippen molar-refractivity contribution >= 4 is 14.9 Å². The first-order valence-corrected chi connectivity index (χ1v) is 9.96. The second kappa shape index (κ2) is 9.63. The van der Waals surface area contributed by atoms with Gasteiger partial charge in [-0.05, 0) is 43.7 Å². The second-order valence-corrected chi connectivity index (χ2v) is 11.9. The van der Waals surface area contributed by atoms with Crippen molar-refractivity contribution < 1.29 is 55.1 Å². The minimum Gasteiger partial charge on any atom is -1.00 e. The zero-order valence-electron chi connectivity index (χ0n) is 17.3. The average molecular weight is 449 g/mol. The minimum absolute atomic E-state index is 0. The third-order valence-corrected chi connectivity index (χ3v) is 8.18. The molecule has 0 heterocycles. The molecule has 0 saturated carbocycles. The van der Waals surface area contributed by atoms with E-state index in [0.29, 0.717) is 4.15 Å². The van der Waals surface area contributed by atoms with Gasteiger partial charge in [0.05, 0.1) is 19.6 Å². The quantitative estimate of drug-likeness (QED) is 0.539. The largest absolute Gasteiger partial charge is 1.00 e. The van der Waals surface area contributed by atoms with E-state index in [0.717, 1.165) is 6.42 Å². The third-order valence-electron chi connectivity index (χ3n) is 5.23. The number of fused-ring (bicyclic) bond motifs is 1. The molecule has 1 aliphatic carbocycles. The Kier molecular flexibility index (Phi) is 10.5. The Morgan fingerprint density at radius 1 is 1.00 bits per heavy atom. The van der Waals surface area contributed by atoms with Crippen LogP contribution in [0.3, 0.4) is 0 Å². The Labute approximate surface area is 188 Å². The molecule has 1 aliphatic rings. The summed E-state index contributed by atoms with van der Waals surface area (Å²) in [6.45, 7) is 13.3. The number of quaternary nitrogens is 1. The van der Waals surface area contributed by atoms with Gasteiger partial charge in [-0.2, -0.15) is 0 Å². The summed E-state index contributed by atoms with van der Waals surface area (Å²) in [4.78, 5) is 0. The molecule has 0 spiro atoms. The molecule has 0 aromatic heterocycles. The van der Waals surface area contributed by atoms with Crippen LogP contribution < -0.4 is 24.8 Å². The fraction of sp³-hybridized carbons (Fsp3) is 0.600. The molecule has 0 radical (unpaired) electrons. The Morgan fingerprint density at radius 3 is 1.96 bits per heavy atom. The third kappa shape index (κ3) is 5.86. The molecule has 0 amide bonds. The van der Waals surface area contributed by atoms with Gasteiger partial charge in [0.25, 0.3) is 0 Å². The van der Waals surface area contributed by atoms with Crippen molar-refractivity contribution in [1.82, 2.24) is 0 Å². The number of hydrogen-bond donors (Lipinski definition) is 0. The predicted molar refractivity (Wildman–Crippen MR) is 99.5 cm³/mol. The minimum atomic E-state index is -1.91. The average Bonchev–Trinajstić information content (AvgIpc) is 2.71. The zero-order valence-corrected chi connectivity index (χ0v) is 21.4. The maximum atomic E-state index is 13.7. The smallest absolute Gasteiger partial charge is 0.565 e. The molecule has 0 N–H and O–H groups in total. The number of hydrogen-bond acceptors (Lipinski definition) is 1. The Bertz CT molecular complexity index is 661. The molecule has 2 nitrogen and oxygen atoms in total. The van der Waals surface area contributed by atoms with Crippen molar-refractivity contribution in [3.63, 3.8) is 0 Å². The molecule has 1 unspecified atom stereocenters. The van der Waals surface area contributed by atoms with E-state index < -0.39 is 8.84 Å². The van der Waals surface area contributed by atoms with Crippen molar-refractivity contribution in [3.8, 4) is 0 Å². The first kappa shape index (κ1) is 28.4. The van der Waals surface area contributed by atoms with Crippen LogP contribution in [0.15, 0.2) is 29.8 Å². The second-order valence-electron chi connectivity index (χ2n) is 9.48. The van der Waals surface area contributed by atoms with Gasteiger partial charge < -0.3 is 33.4 Å². The van der Waals surface area contributed by atoms with E-state index >= 15 is 0 Å². The molecule has 26 heavy (non-hydrogen) atoms. The molecule has 1 atom stereocenters. The van der Waals surface area contributed by atoms with E-state index in [9.17, 15) is 4.46 Å². The van der Waals surface area contributed by atoms with Gasteiger partial charge in [-0.1, -0.05) is 56.7 Å². The summed E-state index contributed by atoms with van der Waals surface area (Å²) in [5, 5.41) is 0. The molecular weight excluding hydrogens is 417 g/mol. The summed E-state index contributed by atoms with van der Waals surface area (Å²) < 4.78 is 14.3. The normalized spacial score (nSPS) is 16.5. The Hall–Kier alpha value is 0.231. The number of benzene rings is 1. The van der Waals surface area contributed by atoms with Gasteiger partial charge in [0.1, 0.15) is 5.54 Å². The van der Waals surface area contributed by atoms with Gasteiger partial charge in [0, 0.05) is 21.7 Å². The molecule has 0 bridgehead atoms. The van der Waals surface area contributed by atoms with Crippen LogP contribution in [-0.2, 0) is 26.2 Å². The molecule has 0 fully saturated rings. The maximum absolute atomic E-state index is 13.7. The van der Waals surface area contributed by atoms with Crippen LogP contribution in [0, 0.1) is 5.41 Å². The van der Waals surface area contributed by atoms with E-state index in [1.54, 1.807) is 0 Å². The van der Waals surface area contributed by atoms with Crippen LogP contribution >= 0.6 is 0 Å². The molecule has 2 rings (SSSR count). The SMILES string of the molecule is CC(C)(C)CC1=Cc2ccccc2C1[Si](=O)[N+](C)(C)C(C)(C)C.[Cl-].[Cl-].[Ti]. The standard InChI is InChI=1S/C20H32NOSi.2ClH.Ti/c1-19(2,3)14-16-13-15-11-9-10-12-17(15)18(16)23(22)21(7,8)20(4,5)6;;;/h9-13,18H,14H2,1-8H3;2*1H;/q+1;;;/p-2. The van der Waals surface area contributed by atoms with Gasteiger partial charge in [-0.3, -0.25) is 0 Å². The number of nitrogens with zero attached hydrogens (tertiary/aromatic N) is 1. The van der Waals surface area contributed by atoms with Crippen molar-refractivity contribution in [3.05, 3.63) is 41.0 Å². The zero-order chi connectivity index (χ0) is 17.6. The topological polar surface area (TPSA) is 17.1 Å². The molecule has 0 aliphatic heterocycles. The molecular formula is C20H32Cl2NOSiTi-. The number of halogens is 2. The van der Waals surface area contributed by atoms with Crippen LogP contribution in [0.25, 0.3) is 6.08 Å². The van der Waals surface area contributed by atoms with Crippen molar-refractivity contribution in [2.45, 2.75) is 59.0 Å². The Morgan fingerprint density at radius 2 is 1.50 bits per heavy atom. The van der Waals surface area contributed by atoms with Gasteiger partial charge >= 0.3 is 8.84 Å². The van der Waals surface area contributed by atoms with Crippen LogP contribution in [0.2, 0.25) is 0 Å². The summed E-state index contributed by atoms with van der Waals surface area (Å²) >= 11 is 0. The number of allylic oxidation sites excluding steroid dienone is 1. The monoisotopic (exact) mass is 448 g/mol. The molecule has 1 aromatic rings. The fourth-order valence-corrected chi connectivity index (χ4v) is 5.44. The molecule has 0 saturated heterocycles. The van der Waals surface area contributed by atoms with E-state index in [-0.39, 0.29) is 63.0 Å². The Balaban J connectivity index is 0. The van der Waals surface area contributed by atoms with Gasteiger partial charge in [-0.25, -0.2) is 0 Å². The molecule has 1 aromatic carbocycles. The fourth-order valence-electron chi connectivity index (χ4n) is 3.10. The summed E-state index contributed by atoms with van der Waals surface area (Å²) in [5.41, 5.74) is 4.09. The van der Waals surface area contributed by atoms with Crippen molar-refractivity contribution in [1.29, 1.82) is 0 Å². The number of rotatable bonds is 3. The van der Waals surface area contributed by atoms with Gasteiger partial charge in [-0.15, -0.1) is 0 Å². The predicted octanol–water partition coefficient (Wildman–Crippen LogP) is -1.06. The van der Waals surface area contributed by atoms with Gasteiger partial charge in [0.2, 0.25) is 0 Å². The molecule has 6 heteroatoms. The summed E-state index contributed by atoms with van der Waals surface area (Å²) in [6, 6.07) is 8.47. The van der Waals surface area contributed by atoms with Crippen LogP contribution in [0.4, 0.5) is 0 Å². The van der Waals surface area contributed by atoms with Crippen LogP contribution in [0.1, 0.15) is 64.6 Å². The first-order valence-electron chi connectivity index (χ1n) is 8.52. The van der Waals surface area contributed by atoms with E-state index in [1.807, 2.05) is 0 Å². The van der Waals surface area contributed by atoms with E-state index in [1.165, 1.54) is 16.7 Å². The van der Waals surface area contributed by atoms with Gasteiger partial charge in [0.15, 0.2) is 0 Å². The summed E-state index contributed by atoms with van der Waals surface area (Å²) in [5.74, 6) is 0. The van der Waals surface area contributed by atoms with Crippen LogP contribution in [-0.4, -0.2) is 32.6 Å². The maximum Gasteiger partial charge on any atom is 0.565 e.